The highest BCUT2D eigenvalue weighted by molar-refractivity contribution is 5.82. The van der Waals surface area contributed by atoms with Gasteiger partial charge in [-0.3, -0.25) is 4.57 Å². The molecule has 0 spiro atoms. The van der Waals surface area contributed by atoms with E-state index in [9.17, 15) is 0 Å². The lowest BCUT2D eigenvalue weighted by Crippen LogP contribution is -2.10. The summed E-state index contributed by atoms with van der Waals surface area (Å²) in [5.74, 6) is 0.881. The minimum atomic E-state index is 0.169. The van der Waals surface area contributed by atoms with Crippen molar-refractivity contribution >= 4 is 23.2 Å². The summed E-state index contributed by atoms with van der Waals surface area (Å²) >= 11 is 0. The second-order valence-electron chi connectivity index (χ2n) is 9.23. The maximum absolute atomic E-state index is 5.74. The van der Waals surface area contributed by atoms with Crippen LogP contribution in [0.5, 0.6) is 5.75 Å². The fourth-order valence-electron chi connectivity index (χ4n) is 3.58. The monoisotopic (exact) mass is 410 g/mol. The SMILES string of the molecule is CC(C)Oc1ccc(-n2cnc3cc(C=Cc4ccc(C(C)(C)C)cc4)ccc32)cc1. The van der Waals surface area contributed by atoms with Crippen LogP contribution in [-0.4, -0.2) is 15.7 Å². The number of rotatable bonds is 5. The molecule has 4 aromatic rings. The zero-order valence-electron chi connectivity index (χ0n) is 19.0. The molecule has 0 aliphatic heterocycles. The van der Waals surface area contributed by atoms with E-state index in [4.69, 9.17) is 4.74 Å². The molecule has 4 rings (SSSR count). The van der Waals surface area contributed by atoms with Crippen LogP contribution in [0.1, 0.15) is 51.3 Å². The molecule has 0 bridgehead atoms. The molecule has 3 nitrogen and oxygen atoms in total. The van der Waals surface area contributed by atoms with Gasteiger partial charge in [0.2, 0.25) is 0 Å². The molecule has 158 valence electrons. The minimum Gasteiger partial charge on any atom is -0.491 e. The Balaban J connectivity index is 1.54. The molecule has 0 atom stereocenters. The van der Waals surface area contributed by atoms with Gasteiger partial charge in [0.15, 0.2) is 0 Å². The molecule has 0 aliphatic carbocycles. The number of hydrogen-bond acceptors (Lipinski definition) is 2. The first-order valence-corrected chi connectivity index (χ1v) is 10.8. The van der Waals surface area contributed by atoms with E-state index in [2.05, 4.69) is 97.1 Å². The highest BCUT2D eigenvalue weighted by Gasteiger charge is 2.12. The van der Waals surface area contributed by atoms with E-state index in [0.29, 0.717) is 0 Å². The quantitative estimate of drug-likeness (QED) is 0.323. The molecule has 3 aromatic carbocycles. The van der Waals surface area contributed by atoms with E-state index >= 15 is 0 Å². The van der Waals surface area contributed by atoms with E-state index in [1.807, 2.05) is 32.3 Å². The number of imidazole rings is 1. The third-order valence-corrected chi connectivity index (χ3v) is 5.30. The maximum atomic E-state index is 5.74. The third kappa shape index (κ3) is 4.88. The lowest BCUT2D eigenvalue weighted by atomic mass is 9.87. The molecule has 0 fully saturated rings. The van der Waals surface area contributed by atoms with Gasteiger partial charge >= 0.3 is 0 Å². The molecule has 3 heteroatoms. The van der Waals surface area contributed by atoms with Gasteiger partial charge in [0, 0.05) is 5.69 Å². The topological polar surface area (TPSA) is 27.1 Å². The van der Waals surface area contributed by atoms with Crippen molar-refractivity contribution in [1.82, 2.24) is 9.55 Å². The number of benzene rings is 3. The molecule has 0 aliphatic rings. The summed E-state index contributed by atoms with van der Waals surface area (Å²) in [6, 6.07) is 23.3. The molecule has 1 heterocycles. The third-order valence-electron chi connectivity index (χ3n) is 5.30. The lowest BCUT2D eigenvalue weighted by Gasteiger charge is -2.18. The average molecular weight is 411 g/mol. The molecule has 0 saturated heterocycles. The number of ether oxygens (including phenoxy) is 1. The van der Waals surface area contributed by atoms with Gasteiger partial charge in [-0.05, 0) is 72.4 Å². The van der Waals surface area contributed by atoms with Crippen molar-refractivity contribution in [2.75, 3.05) is 0 Å². The van der Waals surface area contributed by atoms with E-state index in [-0.39, 0.29) is 11.5 Å². The van der Waals surface area contributed by atoms with Crippen LogP contribution in [0.2, 0.25) is 0 Å². The summed E-state index contributed by atoms with van der Waals surface area (Å²) in [6.07, 6.45) is 6.34. The van der Waals surface area contributed by atoms with Crippen molar-refractivity contribution in [3.05, 3.63) is 89.7 Å². The van der Waals surface area contributed by atoms with Crippen LogP contribution in [-0.2, 0) is 5.41 Å². The van der Waals surface area contributed by atoms with Crippen molar-refractivity contribution in [2.45, 2.75) is 46.1 Å². The molecule has 0 saturated carbocycles. The van der Waals surface area contributed by atoms with E-state index in [1.54, 1.807) is 0 Å². The van der Waals surface area contributed by atoms with E-state index in [1.165, 1.54) is 11.1 Å². The van der Waals surface area contributed by atoms with Gasteiger partial charge in [0.1, 0.15) is 12.1 Å². The minimum absolute atomic E-state index is 0.169. The number of aromatic nitrogens is 2. The van der Waals surface area contributed by atoms with Crippen LogP contribution in [0.15, 0.2) is 73.1 Å². The Kier molecular flexibility index (Phi) is 5.69. The lowest BCUT2D eigenvalue weighted by molar-refractivity contribution is 0.242. The highest BCUT2D eigenvalue weighted by atomic mass is 16.5. The summed E-state index contributed by atoms with van der Waals surface area (Å²) in [5, 5.41) is 0. The standard InChI is InChI=1S/C28H30N2O/c1-20(2)31-25-15-13-24(14-16-25)30-19-29-26-18-22(10-17-27(26)30)7-6-21-8-11-23(12-9-21)28(3,4)5/h6-20H,1-5H3. The van der Waals surface area contributed by atoms with Gasteiger partial charge in [-0.25, -0.2) is 4.98 Å². The van der Waals surface area contributed by atoms with Gasteiger partial charge in [0.05, 0.1) is 17.1 Å². The molecule has 0 unspecified atom stereocenters. The van der Waals surface area contributed by atoms with Crippen LogP contribution in [0.3, 0.4) is 0 Å². The van der Waals surface area contributed by atoms with Crippen LogP contribution < -0.4 is 4.74 Å². The van der Waals surface area contributed by atoms with Gasteiger partial charge < -0.3 is 4.74 Å². The molecule has 0 amide bonds. The fraction of sp³-hybridized carbons (Fsp3) is 0.250. The first-order chi connectivity index (χ1) is 14.8. The Hall–Kier alpha value is -3.33. The van der Waals surface area contributed by atoms with Crippen molar-refractivity contribution in [3.8, 4) is 11.4 Å². The maximum Gasteiger partial charge on any atom is 0.119 e. The van der Waals surface area contributed by atoms with Crippen LogP contribution in [0.25, 0.3) is 28.9 Å². The average Bonchev–Trinajstić information content (AvgIpc) is 3.15. The largest absolute Gasteiger partial charge is 0.491 e. The zero-order chi connectivity index (χ0) is 22.0. The molecule has 0 N–H and O–H groups in total. The van der Waals surface area contributed by atoms with Gasteiger partial charge in [-0.15, -0.1) is 0 Å². The Bertz CT molecular complexity index is 1190. The van der Waals surface area contributed by atoms with Gasteiger partial charge in [-0.1, -0.05) is 63.3 Å². The number of fused-ring (bicyclic) bond motifs is 1. The van der Waals surface area contributed by atoms with Crippen LogP contribution >= 0.6 is 0 Å². The van der Waals surface area contributed by atoms with Gasteiger partial charge in [0.25, 0.3) is 0 Å². The number of hydrogen-bond donors (Lipinski definition) is 0. The smallest absolute Gasteiger partial charge is 0.119 e. The summed E-state index contributed by atoms with van der Waals surface area (Å²) in [7, 11) is 0. The van der Waals surface area contributed by atoms with Crippen molar-refractivity contribution in [1.29, 1.82) is 0 Å². The Morgan fingerprint density at radius 2 is 1.48 bits per heavy atom. The molecular formula is C28H30N2O. The first kappa shape index (κ1) is 20.9. The van der Waals surface area contributed by atoms with Crippen LogP contribution in [0, 0.1) is 0 Å². The van der Waals surface area contributed by atoms with E-state index in [0.717, 1.165) is 28.0 Å². The highest BCUT2D eigenvalue weighted by Crippen LogP contribution is 2.24. The van der Waals surface area contributed by atoms with Crippen molar-refractivity contribution in [2.24, 2.45) is 0 Å². The van der Waals surface area contributed by atoms with Crippen molar-refractivity contribution < 1.29 is 4.74 Å². The van der Waals surface area contributed by atoms with Crippen molar-refractivity contribution in [3.63, 3.8) is 0 Å². The summed E-state index contributed by atoms with van der Waals surface area (Å²) in [6.45, 7) is 10.8. The summed E-state index contributed by atoms with van der Waals surface area (Å²) in [5.41, 5.74) is 6.99. The molecular weight excluding hydrogens is 380 g/mol. The normalized spacial score (nSPS) is 12.2. The second kappa shape index (κ2) is 8.43. The molecule has 0 radical (unpaired) electrons. The predicted molar refractivity (Wildman–Crippen MR) is 131 cm³/mol. The molecule has 31 heavy (non-hydrogen) atoms. The van der Waals surface area contributed by atoms with Crippen LogP contribution in [0.4, 0.5) is 0 Å². The Labute approximate surface area is 185 Å². The fourth-order valence-corrected chi connectivity index (χ4v) is 3.58. The molecule has 1 aromatic heterocycles. The first-order valence-electron chi connectivity index (χ1n) is 10.8. The summed E-state index contributed by atoms with van der Waals surface area (Å²) in [4.78, 5) is 4.62. The second-order valence-corrected chi connectivity index (χ2v) is 9.23. The van der Waals surface area contributed by atoms with Gasteiger partial charge in [-0.2, -0.15) is 0 Å². The Morgan fingerprint density at radius 3 is 2.13 bits per heavy atom. The predicted octanol–water partition coefficient (Wildman–Crippen LogP) is 7.28. The van der Waals surface area contributed by atoms with E-state index < -0.39 is 0 Å². The summed E-state index contributed by atoms with van der Waals surface area (Å²) < 4.78 is 7.85. The number of nitrogens with zero attached hydrogens (tertiary/aromatic N) is 2. The Morgan fingerprint density at radius 1 is 0.839 bits per heavy atom. The zero-order valence-corrected chi connectivity index (χ0v) is 19.0.